The predicted molar refractivity (Wildman–Crippen MR) is 74.0 cm³/mol. The molecular weight excluding hydrogens is 274 g/mol. The third-order valence-corrected chi connectivity index (χ3v) is 2.88. The van der Waals surface area contributed by atoms with Gasteiger partial charge in [-0.15, -0.1) is 0 Å². The summed E-state index contributed by atoms with van der Waals surface area (Å²) in [7, 11) is 1.47. The standard InChI is InChI=1S/C15H11NO5/c1-19-12-7-6-9(14(17)18)8-13(12)21-15-16-10-4-2-3-5-11(10)20-15/h2-8H,1H3,(H,17,18). The second-order valence-corrected chi connectivity index (χ2v) is 4.22. The van der Waals surface area contributed by atoms with Crippen LogP contribution in [0.4, 0.5) is 0 Å². The van der Waals surface area contributed by atoms with Crippen LogP contribution in [0.2, 0.25) is 0 Å². The molecule has 0 atom stereocenters. The van der Waals surface area contributed by atoms with Gasteiger partial charge >= 0.3 is 12.0 Å². The van der Waals surface area contributed by atoms with Crippen LogP contribution < -0.4 is 9.47 Å². The zero-order valence-electron chi connectivity index (χ0n) is 11.1. The average Bonchev–Trinajstić information content (AvgIpc) is 2.89. The van der Waals surface area contributed by atoms with E-state index in [0.717, 1.165) is 0 Å². The molecule has 1 heterocycles. The predicted octanol–water partition coefficient (Wildman–Crippen LogP) is 3.33. The monoisotopic (exact) mass is 285 g/mol. The molecule has 0 radical (unpaired) electrons. The SMILES string of the molecule is COc1ccc(C(=O)O)cc1Oc1nc2ccccc2o1. The molecular formula is C15H11NO5. The lowest BCUT2D eigenvalue weighted by atomic mass is 10.2. The van der Waals surface area contributed by atoms with Gasteiger partial charge in [0.25, 0.3) is 0 Å². The van der Waals surface area contributed by atoms with E-state index in [-0.39, 0.29) is 17.4 Å². The van der Waals surface area contributed by atoms with Crippen molar-refractivity contribution in [3.05, 3.63) is 48.0 Å². The summed E-state index contributed by atoms with van der Waals surface area (Å²) in [5.74, 6) is -0.439. The first-order valence-electron chi connectivity index (χ1n) is 6.12. The Hall–Kier alpha value is -3.02. The summed E-state index contributed by atoms with van der Waals surface area (Å²) >= 11 is 0. The summed E-state index contributed by atoms with van der Waals surface area (Å²) in [6.45, 7) is 0. The van der Waals surface area contributed by atoms with Gasteiger partial charge in [-0.2, -0.15) is 4.98 Å². The highest BCUT2D eigenvalue weighted by atomic mass is 16.6. The number of hydrogen-bond acceptors (Lipinski definition) is 5. The Bertz CT molecular complexity index is 776. The molecule has 3 rings (SSSR count). The Kier molecular flexibility index (Phi) is 3.19. The molecule has 1 N–H and O–H groups in total. The summed E-state index contributed by atoms with van der Waals surface area (Å²) in [5.41, 5.74) is 1.32. The van der Waals surface area contributed by atoms with E-state index in [1.165, 1.54) is 25.3 Å². The van der Waals surface area contributed by atoms with Crippen LogP contribution in [0, 0.1) is 0 Å². The molecule has 1 aromatic heterocycles. The van der Waals surface area contributed by atoms with Crippen LogP contribution in [-0.4, -0.2) is 23.2 Å². The fraction of sp³-hybridized carbons (Fsp3) is 0.0667. The van der Waals surface area contributed by atoms with Crippen LogP contribution in [-0.2, 0) is 0 Å². The van der Waals surface area contributed by atoms with Gasteiger partial charge in [-0.1, -0.05) is 12.1 Å². The summed E-state index contributed by atoms with van der Waals surface area (Å²) in [5, 5.41) is 9.02. The van der Waals surface area contributed by atoms with Crippen molar-refractivity contribution in [1.29, 1.82) is 0 Å². The molecule has 0 fully saturated rings. The van der Waals surface area contributed by atoms with Gasteiger partial charge in [0.05, 0.1) is 12.7 Å². The quantitative estimate of drug-likeness (QED) is 0.791. The molecule has 0 saturated carbocycles. The highest BCUT2D eigenvalue weighted by molar-refractivity contribution is 5.88. The Morgan fingerprint density at radius 1 is 1.19 bits per heavy atom. The van der Waals surface area contributed by atoms with Gasteiger partial charge in [0.2, 0.25) is 0 Å². The third kappa shape index (κ3) is 2.51. The van der Waals surface area contributed by atoms with Crippen molar-refractivity contribution in [2.75, 3.05) is 7.11 Å². The molecule has 0 saturated heterocycles. The highest BCUT2D eigenvalue weighted by Gasteiger charge is 2.14. The molecule has 0 amide bonds. The molecule has 3 aromatic rings. The fourth-order valence-electron chi connectivity index (χ4n) is 1.88. The van der Waals surface area contributed by atoms with Crippen molar-refractivity contribution in [2.24, 2.45) is 0 Å². The molecule has 0 bridgehead atoms. The van der Waals surface area contributed by atoms with E-state index in [2.05, 4.69) is 4.98 Å². The molecule has 0 aliphatic heterocycles. The molecule has 0 aliphatic carbocycles. The molecule has 6 heteroatoms. The number of methoxy groups -OCH3 is 1. The number of carboxylic acids is 1. The van der Waals surface area contributed by atoms with Gasteiger partial charge in [-0.3, -0.25) is 0 Å². The van der Waals surface area contributed by atoms with Gasteiger partial charge in [0.15, 0.2) is 17.1 Å². The minimum atomic E-state index is -1.06. The third-order valence-electron chi connectivity index (χ3n) is 2.88. The van der Waals surface area contributed by atoms with Crippen LogP contribution >= 0.6 is 0 Å². The minimum Gasteiger partial charge on any atom is -0.493 e. The van der Waals surface area contributed by atoms with Gasteiger partial charge in [-0.25, -0.2) is 4.79 Å². The summed E-state index contributed by atoms with van der Waals surface area (Å²) in [6.07, 6.45) is 0.0250. The smallest absolute Gasteiger partial charge is 0.400 e. The lowest BCUT2D eigenvalue weighted by Gasteiger charge is -2.07. The number of benzene rings is 2. The maximum absolute atomic E-state index is 11.0. The van der Waals surface area contributed by atoms with Crippen LogP contribution in [0.25, 0.3) is 11.1 Å². The lowest BCUT2D eigenvalue weighted by Crippen LogP contribution is -1.98. The molecule has 0 aliphatic rings. The zero-order valence-corrected chi connectivity index (χ0v) is 11.1. The zero-order chi connectivity index (χ0) is 14.8. The normalized spacial score (nSPS) is 10.5. The second kappa shape index (κ2) is 5.16. The Morgan fingerprint density at radius 3 is 2.71 bits per heavy atom. The summed E-state index contributed by atoms with van der Waals surface area (Å²) in [4.78, 5) is 15.2. The minimum absolute atomic E-state index is 0.0250. The number of para-hydroxylation sites is 2. The molecule has 106 valence electrons. The van der Waals surface area contributed by atoms with E-state index in [4.69, 9.17) is 19.0 Å². The number of aromatic nitrogens is 1. The van der Waals surface area contributed by atoms with Crippen LogP contribution in [0.3, 0.4) is 0 Å². The van der Waals surface area contributed by atoms with Crippen LogP contribution in [0.5, 0.6) is 17.6 Å². The van der Waals surface area contributed by atoms with E-state index in [1.807, 2.05) is 12.1 Å². The van der Waals surface area contributed by atoms with E-state index >= 15 is 0 Å². The van der Waals surface area contributed by atoms with Gasteiger partial charge in [0, 0.05) is 0 Å². The highest BCUT2D eigenvalue weighted by Crippen LogP contribution is 2.33. The average molecular weight is 285 g/mol. The molecule has 0 unspecified atom stereocenters. The first-order chi connectivity index (χ1) is 10.2. The molecule has 6 nitrogen and oxygen atoms in total. The van der Waals surface area contributed by atoms with Crippen molar-refractivity contribution in [3.63, 3.8) is 0 Å². The maximum atomic E-state index is 11.0. The van der Waals surface area contributed by atoms with Crippen molar-refractivity contribution in [3.8, 4) is 17.6 Å². The summed E-state index contributed by atoms with van der Waals surface area (Å²) in [6, 6.07) is 11.5. The number of oxazole rings is 1. The second-order valence-electron chi connectivity index (χ2n) is 4.22. The number of aromatic carboxylic acids is 1. The van der Waals surface area contributed by atoms with E-state index in [9.17, 15) is 4.79 Å². The number of nitrogens with zero attached hydrogens (tertiary/aromatic N) is 1. The fourth-order valence-corrected chi connectivity index (χ4v) is 1.88. The number of carbonyl (C=O) groups is 1. The Morgan fingerprint density at radius 2 is 2.00 bits per heavy atom. The first kappa shape index (κ1) is 13.0. The van der Waals surface area contributed by atoms with E-state index in [1.54, 1.807) is 12.1 Å². The summed E-state index contributed by atoms with van der Waals surface area (Å²) < 4.78 is 16.1. The number of ether oxygens (including phenoxy) is 2. The largest absolute Gasteiger partial charge is 0.493 e. The van der Waals surface area contributed by atoms with Gasteiger partial charge in [0.1, 0.15) is 5.52 Å². The maximum Gasteiger partial charge on any atom is 0.400 e. The topological polar surface area (TPSA) is 81.8 Å². The first-order valence-corrected chi connectivity index (χ1v) is 6.12. The Labute approximate surface area is 119 Å². The molecule has 2 aromatic carbocycles. The Balaban J connectivity index is 1.99. The lowest BCUT2D eigenvalue weighted by molar-refractivity contribution is 0.0696. The van der Waals surface area contributed by atoms with Crippen LogP contribution in [0.15, 0.2) is 46.9 Å². The number of rotatable bonds is 4. The van der Waals surface area contributed by atoms with Crippen LogP contribution in [0.1, 0.15) is 10.4 Å². The van der Waals surface area contributed by atoms with Crippen molar-refractivity contribution in [2.45, 2.75) is 0 Å². The van der Waals surface area contributed by atoms with E-state index < -0.39 is 5.97 Å². The van der Waals surface area contributed by atoms with Gasteiger partial charge in [-0.05, 0) is 30.3 Å². The van der Waals surface area contributed by atoms with Crippen molar-refractivity contribution in [1.82, 2.24) is 4.98 Å². The number of carboxylic acid groups (broad SMARTS) is 1. The van der Waals surface area contributed by atoms with Crippen molar-refractivity contribution < 1.29 is 23.8 Å². The number of fused-ring (bicyclic) bond motifs is 1. The number of hydrogen-bond donors (Lipinski definition) is 1. The van der Waals surface area contributed by atoms with Crippen molar-refractivity contribution >= 4 is 17.1 Å². The molecule has 21 heavy (non-hydrogen) atoms. The van der Waals surface area contributed by atoms with Gasteiger partial charge < -0.3 is 19.0 Å². The molecule has 0 spiro atoms. The van der Waals surface area contributed by atoms with E-state index in [0.29, 0.717) is 16.8 Å².